The second-order valence-corrected chi connectivity index (χ2v) is 16.7. The van der Waals surface area contributed by atoms with Crippen molar-refractivity contribution in [1.82, 2.24) is 19.1 Å². The Bertz CT molecular complexity index is 4030. The maximum atomic E-state index is 9.52. The van der Waals surface area contributed by atoms with Gasteiger partial charge in [0.1, 0.15) is 5.82 Å². The first kappa shape index (κ1) is 39.7. The van der Waals surface area contributed by atoms with Gasteiger partial charge in [0.05, 0.1) is 74.7 Å². The summed E-state index contributed by atoms with van der Waals surface area (Å²) in [5.41, 5.74) is 15.4. The van der Waals surface area contributed by atoms with Crippen LogP contribution in [0.15, 0.2) is 212 Å². The number of rotatable bonds is 7. The molecule has 0 saturated carbocycles. The molecule has 0 radical (unpaired) electrons. The lowest BCUT2D eigenvalue weighted by atomic mass is 10.0. The van der Waals surface area contributed by atoms with Gasteiger partial charge < -0.3 is 9.13 Å². The topological polar surface area (TPSA) is 87.6 Å². The minimum Gasteiger partial charge on any atom is -0.308 e. The Labute approximate surface area is 391 Å². The van der Waals surface area contributed by atoms with E-state index >= 15 is 0 Å². The van der Waals surface area contributed by atoms with E-state index in [2.05, 4.69) is 117 Å². The van der Waals surface area contributed by atoms with Crippen LogP contribution in [0.3, 0.4) is 0 Å². The van der Waals surface area contributed by atoms with Crippen molar-refractivity contribution in [2.75, 3.05) is 0 Å². The van der Waals surface area contributed by atoms with Gasteiger partial charge in [0.2, 0.25) is 0 Å². The van der Waals surface area contributed by atoms with E-state index in [1.807, 2.05) is 121 Å². The molecule has 314 valence electrons. The molecule has 0 spiro atoms. The Balaban J connectivity index is 1.17. The van der Waals surface area contributed by atoms with E-state index in [1.165, 1.54) is 0 Å². The smallest absolute Gasteiger partial charge is 0.200 e. The molecule has 3 heterocycles. The molecule has 0 N–H and O–H groups in total. The van der Waals surface area contributed by atoms with Gasteiger partial charge in [-0.1, -0.05) is 133 Å². The average molecular weight is 866 g/mol. The zero-order valence-electron chi connectivity index (χ0n) is 36.3. The lowest BCUT2D eigenvalue weighted by molar-refractivity contribution is 1.09. The van der Waals surface area contributed by atoms with Crippen molar-refractivity contribution in [3.63, 3.8) is 0 Å². The third kappa shape index (κ3) is 6.65. The van der Waals surface area contributed by atoms with Gasteiger partial charge in [0.25, 0.3) is 0 Å². The first-order valence-electron chi connectivity index (χ1n) is 22.2. The third-order valence-corrected chi connectivity index (χ3v) is 12.8. The average Bonchev–Trinajstić information content (AvgIpc) is 3.93. The van der Waals surface area contributed by atoms with Crippen LogP contribution in [-0.2, 0) is 0 Å². The molecule has 0 aliphatic rings. The Morgan fingerprint density at radius 1 is 0.382 bits per heavy atom. The van der Waals surface area contributed by atoms with Crippen LogP contribution in [0.2, 0.25) is 0 Å². The highest BCUT2D eigenvalue weighted by Crippen LogP contribution is 2.44. The van der Waals surface area contributed by atoms with Crippen molar-refractivity contribution in [3.8, 4) is 79.7 Å². The van der Waals surface area contributed by atoms with E-state index in [-0.39, 0.29) is 0 Å². The predicted molar refractivity (Wildman–Crippen MR) is 274 cm³/mol. The van der Waals surface area contributed by atoms with Gasteiger partial charge in [0.15, 0.2) is 5.69 Å². The van der Waals surface area contributed by atoms with Crippen LogP contribution in [0.1, 0.15) is 11.1 Å². The largest absolute Gasteiger partial charge is 0.308 e. The Kier molecular flexibility index (Phi) is 9.51. The molecule has 3 aromatic heterocycles. The molecule has 12 rings (SSSR count). The van der Waals surface area contributed by atoms with E-state index in [4.69, 9.17) is 16.5 Å². The summed E-state index contributed by atoms with van der Waals surface area (Å²) in [6.07, 6.45) is 0. The number of benzene rings is 9. The van der Waals surface area contributed by atoms with Crippen LogP contribution in [-0.4, -0.2) is 19.1 Å². The highest BCUT2D eigenvalue weighted by atomic mass is 15.1. The van der Waals surface area contributed by atoms with Gasteiger partial charge in [-0.3, -0.25) is 0 Å². The van der Waals surface area contributed by atoms with Gasteiger partial charge in [-0.25, -0.2) is 14.8 Å². The fraction of sp³-hybridized carbons (Fsp3) is 0. The van der Waals surface area contributed by atoms with Crippen LogP contribution in [0.25, 0.3) is 116 Å². The van der Waals surface area contributed by atoms with Crippen LogP contribution < -0.4 is 0 Å². The molecule has 0 unspecified atom stereocenters. The summed E-state index contributed by atoms with van der Waals surface area (Å²) in [6, 6.07) is 76.1. The van der Waals surface area contributed by atoms with Crippen LogP contribution in [0.5, 0.6) is 0 Å². The van der Waals surface area contributed by atoms with Crippen molar-refractivity contribution in [1.29, 1.82) is 10.5 Å². The van der Waals surface area contributed by atoms with E-state index in [9.17, 15) is 10.5 Å². The molecular formula is C61H35N7. The van der Waals surface area contributed by atoms with Crippen molar-refractivity contribution in [3.05, 3.63) is 235 Å². The van der Waals surface area contributed by atoms with Crippen molar-refractivity contribution in [2.45, 2.75) is 0 Å². The van der Waals surface area contributed by atoms with E-state index in [0.29, 0.717) is 28.2 Å². The molecule has 9 aromatic carbocycles. The molecule has 0 aliphatic carbocycles. The summed E-state index contributed by atoms with van der Waals surface area (Å²) in [6.45, 7) is 8.82. The molecule has 12 aromatic rings. The maximum Gasteiger partial charge on any atom is 0.200 e. The third-order valence-electron chi connectivity index (χ3n) is 12.8. The minimum atomic E-state index is 0.414. The molecule has 0 aliphatic heterocycles. The van der Waals surface area contributed by atoms with Crippen molar-refractivity contribution in [2.24, 2.45) is 0 Å². The summed E-state index contributed by atoms with van der Waals surface area (Å²) < 4.78 is 4.59. The zero-order valence-corrected chi connectivity index (χ0v) is 36.3. The number of para-hydroxylation sites is 2. The highest BCUT2D eigenvalue weighted by molar-refractivity contribution is 6.13. The Morgan fingerprint density at radius 3 is 1.25 bits per heavy atom. The first-order chi connectivity index (χ1) is 33.6. The second-order valence-electron chi connectivity index (χ2n) is 16.7. The van der Waals surface area contributed by atoms with E-state index in [0.717, 1.165) is 99.8 Å². The zero-order chi connectivity index (χ0) is 45.7. The number of fused-ring (bicyclic) bond motifs is 6. The quantitative estimate of drug-likeness (QED) is 0.149. The molecule has 0 bridgehead atoms. The summed E-state index contributed by atoms with van der Waals surface area (Å²) in [7, 11) is 0. The summed E-state index contributed by atoms with van der Waals surface area (Å²) in [5, 5.41) is 23.3. The van der Waals surface area contributed by atoms with Gasteiger partial charge in [0, 0.05) is 38.2 Å². The highest BCUT2D eigenvalue weighted by Gasteiger charge is 2.24. The maximum absolute atomic E-state index is 9.52. The molecule has 0 fully saturated rings. The van der Waals surface area contributed by atoms with E-state index in [1.54, 1.807) is 0 Å². The molecule has 68 heavy (non-hydrogen) atoms. The van der Waals surface area contributed by atoms with Crippen molar-refractivity contribution >= 4 is 49.3 Å². The standard InChI is InChI=1S/C61H35N7/c1-64-54-36-60(68-56-19-11-9-17-48(56)50-33-46(29-31-58(50)68)42-26-22-40(38-63)23-27-42)59(34-51(54)61-65-52(43-12-4-2-5-13-43)35-53(66-61)44-14-6-3-7-15-44)67-55-18-10-8-16-47(55)49-32-45(28-30-57(49)67)41-24-20-39(37-62)21-25-41/h2-36H. The Morgan fingerprint density at radius 2 is 0.794 bits per heavy atom. The molecule has 0 saturated heterocycles. The molecule has 7 nitrogen and oxygen atoms in total. The molecule has 0 amide bonds. The molecule has 0 atom stereocenters. The lowest BCUT2D eigenvalue weighted by Gasteiger charge is -2.20. The molecular weight excluding hydrogens is 831 g/mol. The lowest BCUT2D eigenvalue weighted by Crippen LogP contribution is -2.05. The summed E-state index contributed by atoms with van der Waals surface area (Å²) in [4.78, 5) is 14.8. The van der Waals surface area contributed by atoms with Crippen LogP contribution in [0, 0.1) is 29.2 Å². The normalized spacial score (nSPS) is 11.2. The van der Waals surface area contributed by atoms with Gasteiger partial charge >= 0.3 is 0 Å². The number of hydrogen-bond donors (Lipinski definition) is 0. The van der Waals surface area contributed by atoms with Crippen LogP contribution >= 0.6 is 0 Å². The summed E-state index contributed by atoms with van der Waals surface area (Å²) >= 11 is 0. The first-order valence-corrected chi connectivity index (χ1v) is 22.2. The number of hydrogen-bond acceptors (Lipinski definition) is 4. The van der Waals surface area contributed by atoms with Gasteiger partial charge in [-0.2, -0.15) is 10.5 Å². The Hall–Kier alpha value is -9.87. The van der Waals surface area contributed by atoms with E-state index < -0.39 is 0 Å². The van der Waals surface area contributed by atoms with Crippen LogP contribution in [0.4, 0.5) is 5.69 Å². The van der Waals surface area contributed by atoms with Crippen molar-refractivity contribution < 1.29 is 0 Å². The van der Waals surface area contributed by atoms with Gasteiger partial charge in [-0.15, -0.1) is 0 Å². The molecule has 7 heteroatoms. The van der Waals surface area contributed by atoms with Gasteiger partial charge in [-0.05, 0) is 101 Å². The monoisotopic (exact) mass is 865 g/mol. The number of nitriles is 2. The number of nitrogens with zero attached hydrogens (tertiary/aromatic N) is 7. The summed E-state index contributed by atoms with van der Waals surface area (Å²) in [5.74, 6) is 0.446. The SMILES string of the molecule is [C-]#[N+]c1cc(-n2c3ccccc3c3cc(-c4ccc(C#N)cc4)ccc32)c(-n2c3ccccc3c3cc(-c4ccc(C#N)cc4)ccc32)cc1-c1nc(-c2ccccc2)cc(-c2ccccc2)n1. The predicted octanol–water partition coefficient (Wildman–Crippen LogP) is 15.3. The minimum absolute atomic E-state index is 0.414. The fourth-order valence-corrected chi connectivity index (χ4v) is 9.58. The second kappa shape index (κ2) is 16.3. The fourth-order valence-electron chi connectivity index (χ4n) is 9.58. The number of aromatic nitrogens is 4.